The number of carbonyl (C=O) groups is 1. The summed E-state index contributed by atoms with van der Waals surface area (Å²) in [6, 6.07) is 14.2. The van der Waals surface area contributed by atoms with Crippen LogP contribution in [0.15, 0.2) is 47.8 Å². The normalized spacial score (nSPS) is 10.8. The van der Waals surface area contributed by atoms with Crippen LogP contribution in [0.25, 0.3) is 10.8 Å². The third kappa shape index (κ3) is 2.95. The van der Waals surface area contributed by atoms with Crippen molar-refractivity contribution < 1.29 is 4.79 Å². The van der Waals surface area contributed by atoms with Gasteiger partial charge >= 0.3 is 0 Å². The van der Waals surface area contributed by atoms with Gasteiger partial charge in [-0.2, -0.15) is 0 Å². The summed E-state index contributed by atoms with van der Waals surface area (Å²) in [6.45, 7) is 1.95. The van der Waals surface area contributed by atoms with Gasteiger partial charge in [0.25, 0.3) is 0 Å². The van der Waals surface area contributed by atoms with Crippen molar-refractivity contribution in [2.24, 2.45) is 0 Å². The first kappa shape index (κ1) is 13.8. The number of hydrogen-bond acceptors (Lipinski definition) is 3. The highest BCUT2D eigenvalue weighted by atomic mass is 32.1. The molecule has 1 heterocycles. The van der Waals surface area contributed by atoms with Crippen LogP contribution in [0.2, 0.25) is 0 Å². The fraction of sp³-hybridized carbons (Fsp3) is 0.176. The second kappa shape index (κ2) is 5.66. The molecule has 0 N–H and O–H groups in total. The van der Waals surface area contributed by atoms with Crippen LogP contribution in [0.5, 0.6) is 0 Å². The molecule has 0 radical (unpaired) electrons. The minimum absolute atomic E-state index is 0.0515. The molecule has 3 rings (SSSR count). The van der Waals surface area contributed by atoms with E-state index in [1.54, 1.807) is 16.2 Å². The average molecular weight is 296 g/mol. The average Bonchev–Trinajstić information content (AvgIpc) is 2.91. The van der Waals surface area contributed by atoms with Gasteiger partial charge in [0, 0.05) is 18.1 Å². The Morgan fingerprint density at radius 2 is 1.95 bits per heavy atom. The molecule has 106 valence electrons. The molecular weight excluding hydrogens is 280 g/mol. The third-order valence-electron chi connectivity index (χ3n) is 3.49. The van der Waals surface area contributed by atoms with E-state index in [0.29, 0.717) is 6.42 Å². The highest BCUT2D eigenvalue weighted by molar-refractivity contribution is 7.09. The number of benzene rings is 2. The fourth-order valence-electron chi connectivity index (χ4n) is 2.29. The summed E-state index contributed by atoms with van der Waals surface area (Å²) < 4.78 is 0. The Bertz CT molecular complexity index is 794. The quantitative estimate of drug-likeness (QED) is 0.736. The first-order chi connectivity index (χ1) is 10.1. The first-order valence-corrected chi connectivity index (χ1v) is 7.68. The Kier molecular flexibility index (Phi) is 3.71. The van der Waals surface area contributed by atoms with E-state index < -0.39 is 0 Å². The Morgan fingerprint density at radius 3 is 2.67 bits per heavy atom. The number of aryl methyl sites for hydroxylation is 1. The van der Waals surface area contributed by atoms with Crippen molar-refractivity contribution in [2.45, 2.75) is 13.3 Å². The maximum absolute atomic E-state index is 12.3. The summed E-state index contributed by atoms with van der Waals surface area (Å²) in [4.78, 5) is 18.4. The molecule has 0 aliphatic rings. The number of fused-ring (bicyclic) bond motifs is 1. The number of amides is 1. The molecule has 0 unspecified atom stereocenters. The Balaban J connectivity index is 1.82. The molecule has 0 fully saturated rings. The largest absolute Gasteiger partial charge is 0.315 e. The van der Waals surface area contributed by atoms with Crippen molar-refractivity contribution >= 4 is 33.7 Å². The first-order valence-electron chi connectivity index (χ1n) is 6.80. The van der Waals surface area contributed by atoms with Gasteiger partial charge in [-0.15, -0.1) is 11.3 Å². The van der Waals surface area contributed by atoms with Crippen LogP contribution in [0.4, 0.5) is 5.69 Å². The molecule has 0 atom stereocenters. The van der Waals surface area contributed by atoms with Gasteiger partial charge in [-0.1, -0.05) is 30.3 Å². The fourth-order valence-corrected chi connectivity index (χ4v) is 2.90. The third-order valence-corrected chi connectivity index (χ3v) is 4.32. The van der Waals surface area contributed by atoms with Crippen LogP contribution < -0.4 is 4.90 Å². The summed E-state index contributed by atoms with van der Waals surface area (Å²) >= 11 is 1.57. The van der Waals surface area contributed by atoms with Gasteiger partial charge in [-0.05, 0) is 29.8 Å². The van der Waals surface area contributed by atoms with Gasteiger partial charge in [0.1, 0.15) is 0 Å². The number of likely N-dealkylation sites (N-methyl/N-ethyl adjacent to an activating group) is 1. The van der Waals surface area contributed by atoms with Crippen molar-refractivity contribution in [1.82, 2.24) is 4.98 Å². The van der Waals surface area contributed by atoms with Crippen LogP contribution in [0.1, 0.15) is 10.7 Å². The highest BCUT2D eigenvalue weighted by Crippen LogP contribution is 2.22. The van der Waals surface area contributed by atoms with Crippen molar-refractivity contribution in [2.75, 3.05) is 11.9 Å². The molecular formula is C17H16N2OS. The van der Waals surface area contributed by atoms with Crippen LogP contribution in [-0.4, -0.2) is 17.9 Å². The standard InChI is InChI=1S/C17H16N2OS/c1-12-18-15(11-21-12)10-17(20)19(2)16-8-7-13-5-3-4-6-14(13)9-16/h3-9,11H,10H2,1-2H3. The van der Waals surface area contributed by atoms with Gasteiger partial charge in [0.15, 0.2) is 0 Å². The molecule has 1 aromatic heterocycles. The van der Waals surface area contributed by atoms with E-state index in [9.17, 15) is 4.79 Å². The monoisotopic (exact) mass is 296 g/mol. The minimum Gasteiger partial charge on any atom is -0.315 e. The summed E-state index contributed by atoms with van der Waals surface area (Å²) in [5, 5.41) is 5.25. The van der Waals surface area contributed by atoms with E-state index in [-0.39, 0.29) is 5.91 Å². The van der Waals surface area contributed by atoms with Crippen molar-refractivity contribution in [3.8, 4) is 0 Å². The number of anilines is 1. The minimum atomic E-state index is 0.0515. The second-order valence-corrected chi connectivity index (χ2v) is 6.08. The molecule has 0 aliphatic carbocycles. The van der Waals surface area contributed by atoms with Gasteiger partial charge in [0.05, 0.1) is 17.1 Å². The molecule has 2 aromatic carbocycles. The van der Waals surface area contributed by atoms with E-state index in [1.165, 1.54) is 5.39 Å². The zero-order valence-corrected chi connectivity index (χ0v) is 12.9. The summed E-state index contributed by atoms with van der Waals surface area (Å²) in [5.41, 5.74) is 1.75. The summed E-state index contributed by atoms with van der Waals surface area (Å²) in [5.74, 6) is 0.0515. The van der Waals surface area contributed by atoms with Gasteiger partial charge in [0.2, 0.25) is 5.91 Å². The number of rotatable bonds is 3. The zero-order chi connectivity index (χ0) is 14.8. The number of hydrogen-bond donors (Lipinski definition) is 0. The molecule has 3 nitrogen and oxygen atoms in total. The Labute approximate surface area is 127 Å². The molecule has 0 bridgehead atoms. The van der Waals surface area contributed by atoms with Crippen molar-refractivity contribution in [1.29, 1.82) is 0 Å². The van der Waals surface area contributed by atoms with E-state index in [4.69, 9.17) is 0 Å². The summed E-state index contributed by atoms with van der Waals surface area (Å²) in [7, 11) is 1.81. The van der Waals surface area contributed by atoms with E-state index in [1.807, 2.05) is 49.7 Å². The van der Waals surface area contributed by atoms with Crippen LogP contribution in [0, 0.1) is 6.92 Å². The molecule has 3 aromatic rings. The number of nitrogens with zero attached hydrogens (tertiary/aromatic N) is 2. The molecule has 4 heteroatoms. The van der Waals surface area contributed by atoms with E-state index in [0.717, 1.165) is 21.8 Å². The van der Waals surface area contributed by atoms with Crippen molar-refractivity contribution in [3.63, 3.8) is 0 Å². The van der Waals surface area contributed by atoms with Gasteiger partial charge < -0.3 is 4.90 Å². The lowest BCUT2D eigenvalue weighted by Gasteiger charge is -2.17. The summed E-state index contributed by atoms with van der Waals surface area (Å²) in [6.07, 6.45) is 0.341. The van der Waals surface area contributed by atoms with Gasteiger partial charge in [-0.3, -0.25) is 4.79 Å². The second-order valence-electron chi connectivity index (χ2n) is 5.02. The number of thiazole rings is 1. The lowest BCUT2D eigenvalue weighted by atomic mass is 10.1. The van der Waals surface area contributed by atoms with Crippen LogP contribution in [-0.2, 0) is 11.2 Å². The molecule has 1 amide bonds. The molecule has 0 saturated carbocycles. The lowest BCUT2D eigenvalue weighted by molar-refractivity contribution is -0.117. The number of aromatic nitrogens is 1. The highest BCUT2D eigenvalue weighted by Gasteiger charge is 2.13. The van der Waals surface area contributed by atoms with E-state index >= 15 is 0 Å². The predicted molar refractivity (Wildman–Crippen MR) is 87.9 cm³/mol. The number of carbonyl (C=O) groups excluding carboxylic acids is 1. The maximum Gasteiger partial charge on any atom is 0.232 e. The topological polar surface area (TPSA) is 33.2 Å². The van der Waals surface area contributed by atoms with Crippen LogP contribution in [0.3, 0.4) is 0 Å². The lowest BCUT2D eigenvalue weighted by Crippen LogP contribution is -2.27. The van der Waals surface area contributed by atoms with Crippen LogP contribution >= 0.6 is 11.3 Å². The SMILES string of the molecule is Cc1nc(CC(=O)N(C)c2ccc3ccccc3c2)cs1. The maximum atomic E-state index is 12.3. The van der Waals surface area contributed by atoms with Gasteiger partial charge in [-0.25, -0.2) is 4.98 Å². The Hall–Kier alpha value is -2.20. The zero-order valence-electron chi connectivity index (χ0n) is 12.0. The Morgan fingerprint density at radius 1 is 1.19 bits per heavy atom. The smallest absolute Gasteiger partial charge is 0.232 e. The van der Waals surface area contributed by atoms with Crippen molar-refractivity contribution in [3.05, 3.63) is 58.5 Å². The predicted octanol–water partition coefficient (Wildman–Crippen LogP) is 3.81. The molecule has 0 spiro atoms. The molecule has 21 heavy (non-hydrogen) atoms. The molecule has 0 aliphatic heterocycles. The molecule has 0 saturated heterocycles. The van der Waals surface area contributed by atoms with E-state index in [2.05, 4.69) is 17.1 Å².